The highest BCUT2D eigenvalue weighted by Crippen LogP contribution is 2.50. The molecule has 1 N–H and O–H groups in total. The van der Waals surface area contributed by atoms with Crippen molar-refractivity contribution in [1.29, 1.82) is 0 Å². The van der Waals surface area contributed by atoms with Crippen molar-refractivity contribution in [2.45, 2.75) is 83.5 Å². The van der Waals surface area contributed by atoms with Crippen molar-refractivity contribution in [3.63, 3.8) is 0 Å². The number of carbonyl (C=O) groups excluding carboxylic acids is 1. The summed E-state index contributed by atoms with van der Waals surface area (Å²) in [5.74, 6) is -1.56. The minimum absolute atomic E-state index is 0.0485. The van der Waals surface area contributed by atoms with E-state index in [0.717, 1.165) is 29.5 Å². The number of halogens is 3. The number of anilines is 1. The number of benzene rings is 2. The van der Waals surface area contributed by atoms with Gasteiger partial charge in [0.1, 0.15) is 23.4 Å². The normalized spacial score (nSPS) is 18.3. The number of aryl methyl sites for hydroxylation is 2. The van der Waals surface area contributed by atoms with Crippen molar-refractivity contribution in [2.24, 2.45) is 5.41 Å². The molecule has 0 saturated heterocycles. The number of aromatic nitrogens is 4. The van der Waals surface area contributed by atoms with E-state index >= 15 is 0 Å². The summed E-state index contributed by atoms with van der Waals surface area (Å²) in [6.45, 7) is 8.80. The van der Waals surface area contributed by atoms with E-state index in [1.54, 1.807) is 19.9 Å². The fourth-order valence-corrected chi connectivity index (χ4v) is 7.67. The summed E-state index contributed by atoms with van der Waals surface area (Å²) >= 11 is 0. The summed E-state index contributed by atoms with van der Waals surface area (Å²) < 4.78 is 84.7. The van der Waals surface area contributed by atoms with Gasteiger partial charge in [-0.1, -0.05) is 45.0 Å². The van der Waals surface area contributed by atoms with Crippen LogP contribution in [0.5, 0.6) is 5.88 Å². The van der Waals surface area contributed by atoms with Crippen LogP contribution < -0.4 is 9.46 Å². The van der Waals surface area contributed by atoms with E-state index in [2.05, 4.69) is 31.6 Å². The largest absolute Gasteiger partial charge is 0.475 e. The van der Waals surface area contributed by atoms with Gasteiger partial charge in [0.25, 0.3) is 15.9 Å². The van der Waals surface area contributed by atoms with E-state index in [1.165, 1.54) is 35.4 Å². The van der Waals surface area contributed by atoms with Gasteiger partial charge in [-0.3, -0.25) is 4.79 Å². The first-order chi connectivity index (χ1) is 24.5. The van der Waals surface area contributed by atoms with E-state index < -0.39 is 45.1 Å². The number of nitrogens with zero attached hydrogens (tertiary/aromatic N) is 5. The zero-order chi connectivity index (χ0) is 37.2. The molecule has 1 aliphatic heterocycles. The molecule has 1 atom stereocenters. The van der Waals surface area contributed by atoms with Crippen LogP contribution in [-0.2, 0) is 22.7 Å². The van der Waals surface area contributed by atoms with Crippen molar-refractivity contribution in [3.8, 4) is 17.1 Å². The van der Waals surface area contributed by atoms with E-state index in [9.17, 15) is 26.4 Å². The highest BCUT2D eigenvalue weighted by Gasteiger charge is 2.43. The first kappa shape index (κ1) is 35.4. The Morgan fingerprint density at radius 3 is 2.42 bits per heavy atom. The van der Waals surface area contributed by atoms with Gasteiger partial charge < -0.3 is 14.1 Å². The lowest BCUT2D eigenvalue weighted by atomic mass is 9.97. The third-order valence-electron chi connectivity index (χ3n) is 9.63. The maximum atomic E-state index is 14.5. The van der Waals surface area contributed by atoms with Gasteiger partial charge in [0.05, 0.1) is 35.1 Å². The Morgan fingerprint density at radius 2 is 1.75 bits per heavy atom. The van der Waals surface area contributed by atoms with Crippen molar-refractivity contribution >= 4 is 33.1 Å². The van der Waals surface area contributed by atoms with Crippen LogP contribution in [0, 0.1) is 19.3 Å². The topological polar surface area (TPSA) is 140 Å². The zero-order valence-corrected chi connectivity index (χ0v) is 30.0. The predicted molar refractivity (Wildman–Crippen MR) is 186 cm³/mol. The molecule has 3 aromatic heterocycles. The molecule has 15 heteroatoms. The molecule has 272 valence electrons. The highest BCUT2D eigenvalue weighted by molar-refractivity contribution is 7.92. The molecule has 5 aromatic rings. The second kappa shape index (κ2) is 12.9. The number of hydrogen-bond donors (Lipinski definition) is 1. The third-order valence-corrected chi connectivity index (χ3v) is 11.0. The summed E-state index contributed by atoms with van der Waals surface area (Å²) in [6, 6.07) is 12.3. The van der Waals surface area contributed by atoms with Gasteiger partial charge in [0.15, 0.2) is 0 Å². The van der Waals surface area contributed by atoms with Gasteiger partial charge >= 0.3 is 6.18 Å². The number of fused-ring (bicyclic) bond motifs is 5. The predicted octanol–water partition coefficient (Wildman–Crippen LogP) is 7.83. The molecule has 0 unspecified atom stereocenters. The summed E-state index contributed by atoms with van der Waals surface area (Å²) in [5, 5.41) is 0. The molecule has 11 nitrogen and oxygen atoms in total. The Hall–Kier alpha value is -5.05. The lowest BCUT2D eigenvalue weighted by molar-refractivity contribution is -0.137. The smallest absolute Gasteiger partial charge is 0.421 e. The van der Waals surface area contributed by atoms with Gasteiger partial charge in [0, 0.05) is 23.1 Å². The first-order valence-electron chi connectivity index (χ1n) is 16.9. The fraction of sp³-hybridized carbons (Fsp3) is 0.378. The van der Waals surface area contributed by atoms with Crippen LogP contribution in [0.15, 0.2) is 64.0 Å². The molecule has 7 rings (SSSR count). The van der Waals surface area contributed by atoms with Crippen LogP contribution in [0.1, 0.15) is 84.5 Å². The second-order valence-electron chi connectivity index (χ2n) is 14.2. The Kier molecular flexibility index (Phi) is 8.75. The lowest BCUT2D eigenvalue weighted by Crippen LogP contribution is -2.44. The molecule has 1 saturated carbocycles. The van der Waals surface area contributed by atoms with Crippen LogP contribution in [0.3, 0.4) is 0 Å². The van der Waals surface area contributed by atoms with Crippen molar-refractivity contribution in [1.82, 2.24) is 24.8 Å². The van der Waals surface area contributed by atoms with Crippen molar-refractivity contribution in [2.75, 3.05) is 11.3 Å². The molecule has 1 fully saturated rings. The van der Waals surface area contributed by atoms with Crippen molar-refractivity contribution in [3.05, 3.63) is 88.4 Å². The zero-order valence-electron chi connectivity index (χ0n) is 29.2. The van der Waals surface area contributed by atoms with E-state index in [-0.39, 0.29) is 58.0 Å². The number of ether oxygens (including phenoxy) is 1. The number of nitrogens with one attached hydrogen (secondary N) is 1. The lowest BCUT2D eigenvalue weighted by Gasteiger charge is -2.33. The second-order valence-corrected chi connectivity index (χ2v) is 15.9. The summed E-state index contributed by atoms with van der Waals surface area (Å²) in [4.78, 5) is 33.3. The maximum absolute atomic E-state index is 14.5. The summed E-state index contributed by atoms with van der Waals surface area (Å²) in [7, 11) is -4.30. The van der Waals surface area contributed by atoms with Gasteiger partial charge in [-0.25, -0.2) is 28.1 Å². The van der Waals surface area contributed by atoms with Crippen molar-refractivity contribution < 1.29 is 35.5 Å². The number of amides is 1. The Bertz CT molecular complexity index is 2300. The Balaban J connectivity index is 1.37. The summed E-state index contributed by atoms with van der Waals surface area (Å²) in [6.07, 6.45) is -1.16. The number of hydrogen-bond acceptors (Lipinski definition) is 9. The molecule has 2 aromatic carbocycles. The quantitative estimate of drug-likeness (QED) is 0.185. The molecular weight excluding hydrogens is 698 g/mol. The average Bonchev–Trinajstić information content (AvgIpc) is 3.66. The van der Waals surface area contributed by atoms with E-state index in [4.69, 9.17) is 9.15 Å². The van der Waals surface area contributed by atoms with Gasteiger partial charge in [0.2, 0.25) is 17.5 Å². The van der Waals surface area contributed by atoms with Crippen LogP contribution in [-0.4, -0.2) is 51.8 Å². The average molecular weight is 735 g/mol. The molecule has 4 bridgehead atoms. The Morgan fingerprint density at radius 1 is 1.04 bits per heavy atom. The van der Waals surface area contributed by atoms with E-state index in [1.807, 2.05) is 32.0 Å². The van der Waals surface area contributed by atoms with Crippen LogP contribution in [0.4, 0.5) is 19.1 Å². The summed E-state index contributed by atoms with van der Waals surface area (Å²) in [5.41, 5.74) is 1.35. The third kappa shape index (κ3) is 6.93. The molecule has 2 aliphatic rings. The minimum atomic E-state index is -4.76. The molecule has 0 spiro atoms. The fourth-order valence-electron chi connectivity index (χ4n) is 6.68. The molecule has 1 amide bonds. The first-order valence-corrected chi connectivity index (χ1v) is 18.4. The molecule has 52 heavy (non-hydrogen) atoms. The Labute approximate surface area is 298 Å². The van der Waals surface area contributed by atoms with Crippen LogP contribution in [0.25, 0.3) is 22.5 Å². The van der Waals surface area contributed by atoms with Crippen LogP contribution >= 0.6 is 0 Å². The molecule has 1 aliphatic carbocycles. The maximum Gasteiger partial charge on any atom is 0.421 e. The monoisotopic (exact) mass is 734 g/mol. The number of furan rings is 1. The highest BCUT2D eigenvalue weighted by atomic mass is 32.2. The number of carbonyl (C=O) groups is 1. The number of sulfonamides is 1. The number of alkyl halides is 3. The van der Waals surface area contributed by atoms with E-state index in [0.29, 0.717) is 12.1 Å². The molecular formula is C37H37F3N6O5S. The van der Waals surface area contributed by atoms with Crippen LogP contribution in [0.2, 0.25) is 0 Å². The van der Waals surface area contributed by atoms with Gasteiger partial charge in [-0.15, -0.1) is 0 Å². The van der Waals surface area contributed by atoms with Gasteiger partial charge in [-0.05, 0) is 67.9 Å². The SMILES string of the molecule is Cc1cccc(C)c1-c1cc2nc(n1)NS(=O)(=O)c1cccc(c1)C(=O)N(Cc1cnc3oc(C(C)C)c(C(F)(F)F)c3n1)[C@H](CC1(C)CC1)CO2. The van der Waals surface area contributed by atoms with Gasteiger partial charge in [-0.2, -0.15) is 18.2 Å². The molecule has 4 heterocycles. The number of rotatable bonds is 6. The molecule has 0 radical (unpaired) electrons. The standard InChI is InChI=1S/C37H37F3N6O5S/c1-20(2)32-30(37(38,39)40)31-33(51-32)41-17-24(42-31)18-46-25(16-36(5)12-13-36)19-50-28-15-27(29-21(3)8-6-9-22(29)4)43-35(44-28)45-52(48,49)26-11-7-10-23(14-26)34(46)47/h6-11,14-15,17,20,25H,12-13,16,18-19H2,1-5H3,(H,43,44,45)/t25-/m1/s1. The minimum Gasteiger partial charge on any atom is -0.475 e.